The van der Waals surface area contributed by atoms with Crippen molar-refractivity contribution in [3.8, 4) is 5.75 Å². The van der Waals surface area contributed by atoms with Crippen LogP contribution >= 0.6 is 0 Å². The zero-order valence-corrected chi connectivity index (χ0v) is 11.2. The van der Waals surface area contributed by atoms with E-state index in [4.69, 9.17) is 4.74 Å². The molecule has 0 saturated heterocycles. The number of hydrogen-bond donors (Lipinski definition) is 0. The lowest BCUT2D eigenvalue weighted by molar-refractivity contribution is -0.117. The Morgan fingerprint density at radius 1 is 1.11 bits per heavy atom. The minimum atomic E-state index is 0.0550. The van der Waals surface area contributed by atoms with Gasteiger partial charge in [-0.15, -0.1) is 0 Å². The van der Waals surface area contributed by atoms with E-state index in [2.05, 4.69) is 0 Å². The minimum absolute atomic E-state index is 0.0550. The van der Waals surface area contributed by atoms with Crippen molar-refractivity contribution in [3.63, 3.8) is 0 Å². The number of methoxy groups -OCH3 is 1. The summed E-state index contributed by atoms with van der Waals surface area (Å²) in [6.07, 6.45) is 0.364. The molecule has 2 aromatic carbocycles. The van der Waals surface area contributed by atoms with Crippen LogP contribution in [0.5, 0.6) is 5.75 Å². The van der Waals surface area contributed by atoms with E-state index in [1.54, 1.807) is 19.1 Å². The average Bonchev–Trinajstić information content (AvgIpc) is 2.47. The molecule has 3 nitrogen and oxygen atoms in total. The molecule has 0 atom stereocenters. The molecule has 0 aliphatic rings. The van der Waals surface area contributed by atoms with Crippen LogP contribution in [0.2, 0.25) is 0 Å². The molecule has 0 aliphatic carbocycles. The van der Waals surface area contributed by atoms with Gasteiger partial charge in [0.25, 0.3) is 0 Å². The topological polar surface area (TPSA) is 29.5 Å². The van der Waals surface area contributed by atoms with E-state index >= 15 is 0 Å². The molecule has 3 heteroatoms. The molecule has 2 aromatic rings. The molecule has 0 aliphatic heterocycles. The number of anilines is 1. The van der Waals surface area contributed by atoms with Crippen molar-refractivity contribution in [3.05, 3.63) is 60.2 Å². The maximum atomic E-state index is 12.2. The second-order valence-corrected chi connectivity index (χ2v) is 4.32. The van der Waals surface area contributed by atoms with Crippen LogP contribution in [0.3, 0.4) is 0 Å². The van der Waals surface area contributed by atoms with Crippen molar-refractivity contribution in [2.45, 2.75) is 6.42 Å². The highest BCUT2D eigenvalue weighted by molar-refractivity contribution is 5.94. The number of nitrogens with zero attached hydrogens (tertiary/aromatic N) is 1. The van der Waals surface area contributed by atoms with Crippen molar-refractivity contribution in [1.29, 1.82) is 0 Å². The Kier molecular flexibility index (Phi) is 4.18. The summed E-state index contributed by atoms with van der Waals surface area (Å²) in [4.78, 5) is 13.9. The van der Waals surface area contributed by atoms with Gasteiger partial charge in [-0.1, -0.05) is 30.3 Å². The molecule has 0 saturated carbocycles. The van der Waals surface area contributed by atoms with Gasteiger partial charge in [0.2, 0.25) is 5.91 Å². The Morgan fingerprint density at radius 2 is 1.84 bits per heavy atom. The van der Waals surface area contributed by atoms with Gasteiger partial charge in [-0.05, 0) is 29.8 Å². The van der Waals surface area contributed by atoms with Crippen LogP contribution in [0.4, 0.5) is 5.69 Å². The van der Waals surface area contributed by atoms with Gasteiger partial charge in [0.05, 0.1) is 13.5 Å². The number of likely N-dealkylation sites (N-methyl/N-ethyl adjacent to an activating group) is 1. The van der Waals surface area contributed by atoms with Gasteiger partial charge in [-0.25, -0.2) is 0 Å². The third-order valence-corrected chi connectivity index (χ3v) is 3.01. The van der Waals surface area contributed by atoms with Crippen molar-refractivity contribution >= 4 is 11.6 Å². The third-order valence-electron chi connectivity index (χ3n) is 3.01. The first-order valence-electron chi connectivity index (χ1n) is 6.15. The van der Waals surface area contributed by atoms with Gasteiger partial charge in [-0.2, -0.15) is 0 Å². The van der Waals surface area contributed by atoms with Crippen LogP contribution in [0, 0.1) is 0 Å². The Labute approximate surface area is 113 Å². The molecular weight excluding hydrogens is 238 g/mol. The summed E-state index contributed by atoms with van der Waals surface area (Å²) in [6.45, 7) is 0. The number of rotatable bonds is 4. The zero-order chi connectivity index (χ0) is 13.7. The molecule has 0 heterocycles. The van der Waals surface area contributed by atoms with Crippen LogP contribution in [-0.2, 0) is 11.2 Å². The van der Waals surface area contributed by atoms with Gasteiger partial charge in [0.15, 0.2) is 0 Å². The molecule has 0 fully saturated rings. The largest absolute Gasteiger partial charge is 0.497 e. The highest BCUT2D eigenvalue weighted by Gasteiger charge is 2.11. The van der Waals surface area contributed by atoms with Gasteiger partial charge in [0, 0.05) is 12.7 Å². The van der Waals surface area contributed by atoms with Crippen LogP contribution < -0.4 is 9.64 Å². The normalized spacial score (nSPS) is 10.0. The summed E-state index contributed by atoms with van der Waals surface area (Å²) >= 11 is 0. The molecule has 0 radical (unpaired) electrons. The monoisotopic (exact) mass is 255 g/mol. The zero-order valence-electron chi connectivity index (χ0n) is 11.2. The minimum Gasteiger partial charge on any atom is -0.497 e. The van der Waals surface area contributed by atoms with Crippen molar-refractivity contribution in [1.82, 2.24) is 0 Å². The number of para-hydroxylation sites is 1. The number of carbonyl (C=O) groups excluding carboxylic acids is 1. The highest BCUT2D eigenvalue weighted by Crippen LogP contribution is 2.16. The molecule has 1 amide bonds. The second kappa shape index (κ2) is 6.05. The Bertz CT molecular complexity index is 552. The molecule has 0 spiro atoms. The summed E-state index contributed by atoms with van der Waals surface area (Å²) in [5.74, 6) is 0.826. The molecule has 98 valence electrons. The van der Waals surface area contributed by atoms with Gasteiger partial charge >= 0.3 is 0 Å². The lowest BCUT2D eigenvalue weighted by Gasteiger charge is -2.17. The maximum Gasteiger partial charge on any atom is 0.231 e. The van der Waals surface area contributed by atoms with E-state index in [1.165, 1.54) is 0 Å². The number of hydrogen-bond acceptors (Lipinski definition) is 2. The first-order chi connectivity index (χ1) is 9.20. The number of amides is 1. The van der Waals surface area contributed by atoms with Gasteiger partial charge < -0.3 is 9.64 Å². The summed E-state index contributed by atoms with van der Waals surface area (Å²) in [6, 6.07) is 17.2. The van der Waals surface area contributed by atoms with Crippen LogP contribution in [0.25, 0.3) is 0 Å². The van der Waals surface area contributed by atoms with E-state index in [0.717, 1.165) is 17.0 Å². The van der Waals surface area contributed by atoms with Crippen molar-refractivity contribution < 1.29 is 9.53 Å². The first-order valence-corrected chi connectivity index (χ1v) is 6.15. The quantitative estimate of drug-likeness (QED) is 0.840. The summed E-state index contributed by atoms with van der Waals surface area (Å²) in [5, 5.41) is 0. The second-order valence-electron chi connectivity index (χ2n) is 4.32. The van der Waals surface area contributed by atoms with Crippen molar-refractivity contribution in [2.24, 2.45) is 0 Å². The highest BCUT2D eigenvalue weighted by atomic mass is 16.5. The van der Waals surface area contributed by atoms with E-state index < -0.39 is 0 Å². The number of ether oxygens (including phenoxy) is 1. The van der Waals surface area contributed by atoms with Crippen LogP contribution in [0.15, 0.2) is 54.6 Å². The lowest BCUT2D eigenvalue weighted by Crippen LogP contribution is -2.27. The summed E-state index contributed by atoms with van der Waals surface area (Å²) in [5.41, 5.74) is 1.85. The van der Waals surface area contributed by atoms with Gasteiger partial charge in [0.1, 0.15) is 5.75 Å². The first kappa shape index (κ1) is 13.1. The third kappa shape index (κ3) is 3.35. The Hall–Kier alpha value is -2.29. The van der Waals surface area contributed by atoms with Crippen molar-refractivity contribution in [2.75, 3.05) is 19.1 Å². The molecular formula is C16H17NO2. The van der Waals surface area contributed by atoms with Crippen LogP contribution in [0.1, 0.15) is 5.56 Å². The number of carbonyl (C=O) groups is 1. The molecule has 0 aromatic heterocycles. The maximum absolute atomic E-state index is 12.2. The summed E-state index contributed by atoms with van der Waals surface area (Å²) in [7, 11) is 3.41. The lowest BCUT2D eigenvalue weighted by atomic mass is 10.1. The fourth-order valence-electron chi connectivity index (χ4n) is 1.87. The molecule has 0 bridgehead atoms. The molecule has 2 rings (SSSR count). The standard InChI is InChI=1S/C16H17NO2/c1-17(14-8-4-3-5-9-14)16(18)12-13-7-6-10-15(11-13)19-2/h3-11H,12H2,1-2H3. The van der Waals surface area contributed by atoms with Gasteiger partial charge in [-0.3, -0.25) is 4.79 Å². The molecule has 19 heavy (non-hydrogen) atoms. The molecule has 0 N–H and O–H groups in total. The predicted molar refractivity (Wildman–Crippen MR) is 76.6 cm³/mol. The fourth-order valence-corrected chi connectivity index (χ4v) is 1.87. The number of benzene rings is 2. The van der Waals surface area contributed by atoms with E-state index in [0.29, 0.717) is 6.42 Å². The fraction of sp³-hybridized carbons (Fsp3) is 0.188. The molecule has 0 unspecified atom stereocenters. The predicted octanol–water partition coefficient (Wildman–Crippen LogP) is 2.90. The van der Waals surface area contributed by atoms with E-state index in [1.807, 2.05) is 54.6 Å². The summed E-state index contributed by atoms with van der Waals surface area (Å²) < 4.78 is 5.16. The van der Waals surface area contributed by atoms with Crippen LogP contribution in [-0.4, -0.2) is 20.1 Å². The van der Waals surface area contributed by atoms with E-state index in [-0.39, 0.29) is 5.91 Å². The SMILES string of the molecule is COc1cccc(CC(=O)N(C)c2ccccc2)c1. The Morgan fingerprint density at radius 3 is 2.53 bits per heavy atom. The Balaban J connectivity index is 2.08. The smallest absolute Gasteiger partial charge is 0.231 e. The average molecular weight is 255 g/mol. The van der Waals surface area contributed by atoms with E-state index in [9.17, 15) is 4.79 Å².